The monoisotopic (exact) mass is 835 g/mol. The van der Waals surface area contributed by atoms with Crippen molar-refractivity contribution in [2.45, 2.75) is 0 Å². The van der Waals surface area contributed by atoms with Crippen molar-refractivity contribution >= 4 is 94.4 Å². The summed E-state index contributed by atoms with van der Waals surface area (Å²) < 4.78 is 10.7. The summed E-state index contributed by atoms with van der Waals surface area (Å²) in [6.07, 6.45) is 0. The van der Waals surface area contributed by atoms with Crippen molar-refractivity contribution in [1.29, 1.82) is 0 Å². The highest BCUT2D eigenvalue weighted by atomic mass is 28.3. The molecule has 0 N–H and O–H groups in total. The molecule has 4 aromatic heterocycles. The number of fused-ring (bicyclic) bond motifs is 9. The Kier molecular flexibility index (Phi) is 8.13. The molecular weight excluding hydrogens is 799 g/mol. The minimum Gasteiger partial charge on any atom is -0.456 e. The van der Waals surface area contributed by atoms with Gasteiger partial charge in [-0.05, 0) is 57.1 Å². The molecule has 13 aromatic rings. The van der Waals surface area contributed by atoms with Crippen LogP contribution >= 0.6 is 0 Å². The van der Waals surface area contributed by atoms with E-state index in [2.05, 4.69) is 221 Å². The van der Waals surface area contributed by atoms with Crippen LogP contribution in [-0.2, 0) is 0 Å². The van der Waals surface area contributed by atoms with E-state index in [0.717, 1.165) is 71.1 Å². The lowest BCUT2D eigenvalue weighted by Gasteiger charge is -2.34. The molecule has 0 bridgehead atoms. The second-order valence-electron chi connectivity index (χ2n) is 16.4. The number of benzene rings is 9. The molecule has 0 fully saturated rings. The number of rotatable bonds is 7. The Bertz CT molecular complexity index is 3630. The fraction of sp³-hybridized carbons (Fsp3) is 0. The molecule has 0 unspecified atom stereocenters. The van der Waals surface area contributed by atoms with Crippen molar-refractivity contribution < 1.29 is 4.42 Å². The van der Waals surface area contributed by atoms with E-state index in [1.54, 1.807) is 0 Å². The zero-order valence-corrected chi connectivity index (χ0v) is 35.5. The smallest absolute Gasteiger partial charge is 0.240 e. The summed E-state index contributed by atoms with van der Waals surface area (Å²) in [5, 5.41) is 11.9. The zero-order valence-electron chi connectivity index (χ0n) is 34.5. The first-order valence-corrected chi connectivity index (χ1v) is 23.6. The van der Waals surface area contributed by atoms with Crippen LogP contribution in [-0.4, -0.2) is 32.2 Å². The predicted octanol–water partition coefficient (Wildman–Crippen LogP) is 11.0. The first kappa shape index (κ1) is 36.3. The fourth-order valence-corrected chi connectivity index (χ4v) is 14.9. The van der Waals surface area contributed by atoms with Crippen LogP contribution in [0.1, 0.15) is 0 Å². The van der Waals surface area contributed by atoms with Gasteiger partial charge < -0.3 is 4.42 Å². The van der Waals surface area contributed by atoms with Crippen molar-refractivity contribution in [3.8, 4) is 23.3 Å². The fourth-order valence-electron chi connectivity index (χ4n) is 10.2. The lowest BCUT2D eigenvalue weighted by atomic mass is 10.1. The molecule has 9 aromatic carbocycles. The van der Waals surface area contributed by atoms with E-state index in [4.69, 9.17) is 19.4 Å². The molecule has 7 heteroatoms. The Labute approximate surface area is 369 Å². The van der Waals surface area contributed by atoms with Crippen LogP contribution in [0.5, 0.6) is 0 Å². The van der Waals surface area contributed by atoms with E-state index < -0.39 is 8.07 Å². The first-order valence-electron chi connectivity index (χ1n) is 21.6. The summed E-state index contributed by atoms with van der Waals surface area (Å²) in [5.41, 5.74) is 6.82. The highest BCUT2D eigenvalue weighted by Crippen LogP contribution is 2.35. The van der Waals surface area contributed by atoms with E-state index in [1.807, 2.05) is 12.1 Å². The van der Waals surface area contributed by atoms with Gasteiger partial charge in [0.05, 0.1) is 22.1 Å². The number of hydrogen-bond donors (Lipinski definition) is 0. The van der Waals surface area contributed by atoms with Crippen LogP contribution in [0.2, 0.25) is 0 Å². The van der Waals surface area contributed by atoms with Gasteiger partial charge in [-0.2, -0.15) is 15.0 Å². The average Bonchev–Trinajstić information content (AvgIpc) is 4.03. The van der Waals surface area contributed by atoms with Gasteiger partial charge in [-0.15, -0.1) is 0 Å². The number of aromatic nitrogens is 5. The largest absolute Gasteiger partial charge is 0.456 e. The zero-order chi connectivity index (χ0) is 42.2. The first-order chi connectivity index (χ1) is 31.7. The molecule has 0 saturated heterocycles. The molecule has 0 spiro atoms. The van der Waals surface area contributed by atoms with Crippen molar-refractivity contribution in [3.05, 3.63) is 224 Å². The molecule has 4 heterocycles. The molecule has 0 aliphatic carbocycles. The average molecular weight is 836 g/mol. The Morgan fingerprint density at radius 3 is 1.20 bits per heavy atom. The summed E-state index contributed by atoms with van der Waals surface area (Å²) >= 11 is 0. The van der Waals surface area contributed by atoms with Gasteiger partial charge in [0, 0.05) is 37.9 Å². The van der Waals surface area contributed by atoms with Crippen LogP contribution in [0.4, 0.5) is 0 Å². The van der Waals surface area contributed by atoms with Gasteiger partial charge in [-0.1, -0.05) is 188 Å². The third-order valence-corrected chi connectivity index (χ3v) is 17.7. The maximum absolute atomic E-state index is 6.36. The summed E-state index contributed by atoms with van der Waals surface area (Å²) in [5.74, 6) is 1.70. The Morgan fingerprint density at radius 1 is 0.312 bits per heavy atom. The topological polar surface area (TPSA) is 61.7 Å². The van der Waals surface area contributed by atoms with Gasteiger partial charge in [0.15, 0.2) is 13.9 Å². The Balaban J connectivity index is 1.06. The van der Waals surface area contributed by atoms with Gasteiger partial charge in [0.2, 0.25) is 11.9 Å². The molecule has 0 amide bonds. The molecule has 0 atom stereocenters. The molecule has 0 radical (unpaired) electrons. The van der Waals surface area contributed by atoms with Crippen molar-refractivity contribution in [1.82, 2.24) is 24.1 Å². The molecule has 6 nitrogen and oxygen atoms in total. The van der Waals surface area contributed by atoms with E-state index in [1.165, 1.54) is 20.7 Å². The predicted molar refractivity (Wildman–Crippen MR) is 265 cm³/mol. The summed E-state index contributed by atoms with van der Waals surface area (Å²) in [7, 11) is -2.94. The lowest BCUT2D eigenvalue weighted by molar-refractivity contribution is 0.669. The van der Waals surface area contributed by atoms with Crippen LogP contribution in [0.3, 0.4) is 0 Å². The minimum atomic E-state index is -2.94. The molecule has 64 heavy (non-hydrogen) atoms. The van der Waals surface area contributed by atoms with E-state index >= 15 is 0 Å². The second kappa shape index (κ2) is 14.3. The number of hydrogen-bond acceptors (Lipinski definition) is 4. The van der Waals surface area contributed by atoms with Crippen molar-refractivity contribution in [3.63, 3.8) is 0 Å². The summed E-state index contributed by atoms with van der Waals surface area (Å²) in [6.45, 7) is 0. The van der Waals surface area contributed by atoms with E-state index in [-0.39, 0.29) is 0 Å². The molecule has 300 valence electrons. The minimum absolute atomic E-state index is 0.557. The Morgan fingerprint density at radius 2 is 0.703 bits per heavy atom. The molecule has 0 aliphatic rings. The Hall–Kier alpha value is -8.39. The van der Waals surface area contributed by atoms with E-state index in [9.17, 15) is 0 Å². The number of para-hydroxylation sites is 5. The lowest BCUT2D eigenvalue weighted by Crippen LogP contribution is -2.74. The third kappa shape index (κ3) is 5.41. The van der Waals surface area contributed by atoms with Gasteiger partial charge in [-0.3, -0.25) is 9.13 Å². The van der Waals surface area contributed by atoms with Crippen LogP contribution < -0.4 is 20.7 Å². The number of nitrogens with zero attached hydrogens (tertiary/aromatic N) is 5. The quantitative estimate of drug-likeness (QED) is 0.119. The highest BCUT2D eigenvalue weighted by Gasteiger charge is 2.41. The van der Waals surface area contributed by atoms with Crippen LogP contribution in [0.15, 0.2) is 229 Å². The highest BCUT2D eigenvalue weighted by molar-refractivity contribution is 7.20. The van der Waals surface area contributed by atoms with Crippen LogP contribution in [0, 0.1) is 0 Å². The molecular formula is C57H37N5OSi. The van der Waals surface area contributed by atoms with Crippen molar-refractivity contribution in [2.75, 3.05) is 0 Å². The standard InChI is InChI=1S/C57H37N5OSi/c1-3-17-39(18-4-1)64(40-19-5-2-6-20-40,42-35-36-54-48(37-42)47-25-11-16-30-53(47)63-54)41-33-31-38(32-34-41)55-58-56(61-49-26-12-7-21-43(49)44-22-8-13-27-50(44)61)60-57(59-55)62-51-28-14-9-23-45(51)46-24-10-15-29-52(46)62/h1-37H. The van der Waals surface area contributed by atoms with Gasteiger partial charge in [0.25, 0.3) is 0 Å². The summed E-state index contributed by atoms with van der Waals surface area (Å²) in [6, 6.07) is 80.2. The second-order valence-corrected chi connectivity index (χ2v) is 20.2. The maximum Gasteiger partial charge on any atom is 0.240 e. The molecule has 0 aliphatic heterocycles. The summed E-state index contributed by atoms with van der Waals surface area (Å²) in [4.78, 5) is 16.1. The van der Waals surface area contributed by atoms with Gasteiger partial charge in [-0.25, -0.2) is 0 Å². The van der Waals surface area contributed by atoms with E-state index in [0.29, 0.717) is 17.7 Å². The SMILES string of the molecule is c1ccc([Si](c2ccccc2)(c2ccc(-c3nc(-n4c5ccccc5c5ccccc54)nc(-n4c5ccccc5c5ccccc54)n3)cc2)c2ccc3oc4ccccc4c3c2)cc1. The van der Waals surface area contributed by atoms with Gasteiger partial charge in [0.1, 0.15) is 11.2 Å². The van der Waals surface area contributed by atoms with Crippen molar-refractivity contribution in [2.24, 2.45) is 0 Å². The van der Waals surface area contributed by atoms with Gasteiger partial charge >= 0.3 is 0 Å². The van der Waals surface area contributed by atoms with Crippen LogP contribution in [0.25, 0.3) is 88.8 Å². The molecule has 0 saturated carbocycles. The third-order valence-electron chi connectivity index (χ3n) is 13.0. The molecule has 13 rings (SSSR count). The number of furan rings is 1. The maximum atomic E-state index is 6.36. The normalized spacial score (nSPS) is 12.1.